The van der Waals surface area contributed by atoms with Crippen molar-refractivity contribution in [2.24, 2.45) is 0 Å². The zero-order valence-electron chi connectivity index (χ0n) is 10.6. The zero-order chi connectivity index (χ0) is 13.4. The van der Waals surface area contributed by atoms with E-state index in [4.69, 9.17) is 0 Å². The van der Waals surface area contributed by atoms with E-state index >= 15 is 0 Å². The quantitative estimate of drug-likeness (QED) is 0.705. The second kappa shape index (κ2) is 8.03. The molecule has 4 heteroatoms. The van der Waals surface area contributed by atoms with Gasteiger partial charge in [-0.3, -0.25) is 0 Å². The first-order valence-corrected chi connectivity index (χ1v) is 6.36. The number of ether oxygens (including phenoxy) is 1. The Morgan fingerprint density at radius 3 is 2.67 bits per heavy atom. The molecule has 0 bridgehead atoms. The fourth-order valence-electron chi connectivity index (χ4n) is 1.83. The molecule has 1 aromatic rings. The molecule has 0 aliphatic carbocycles. The molecule has 1 rings (SSSR count). The summed E-state index contributed by atoms with van der Waals surface area (Å²) in [5.74, 6) is 0.0927. The lowest BCUT2D eigenvalue weighted by Gasteiger charge is -2.12. The van der Waals surface area contributed by atoms with Crippen LogP contribution in [0.25, 0.3) is 0 Å². The van der Waals surface area contributed by atoms with Gasteiger partial charge in [0.25, 0.3) is 0 Å². The first-order valence-electron chi connectivity index (χ1n) is 6.36. The third kappa shape index (κ3) is 5.45. The minimum Gasteiger partial charge on any atom is -0.435 e. The number of aliphatic hydroxyl groups is 1. The molecule has 0 heterocycles. The number of hydrogen-bond donors (Lipinski definition) is 1. The lowest BCUT2D eigenvalue weighted by atomic mass is 10.0. The van der Waals surface area contributed by atoms with E-state index in [2.05, 4.69) is 11.7 Å². The van der Waals surface area contributed by atoms with Crippen molar-refractivity contribution < 1.29 is 18.6 Å². The molecule has 0 spiro atoms. The van der Waals surface area contributed by atoms with Crippen molar-refractivity contribution in [1.29, 1.82) is 0 Å². The Bertz CT molecular complexity index is 342. The van der Waals surface area contributed by atoms with Crippen LogP contribution >= 0.6 is 0 Å². The number of benzene rings is 1. The van der Waals surface area contributed by atoms with Crippen LogP contribution in [0.3, 0.4) is 0 Å². The van der Waals surface area contributed by atoms with E-state index in [0.29, 0.717) is 12.0 Å². The van der Waals surface area contributed by atoms with Crippen molar-refractivity contribution >= 4 is 0 Å². The van der Waals surface area contributed by atoms with Crippen LogP contribution in [-0.4, -0.2) is 11.7 Å². The molecule has 0 saturated heterocycles. The van der Waals surface area contributed by atoms with Crippen LogP contribution < -0.4 is 4.74 Å². The Labute approximate surface area is 107 Å². The van der Waals surface area contributed by atoms with Gasteiger partial charge in [-0.1, -0.05) is 44.7 Å². The third-order valence-electron chi connectivity index (χ3n) is 2.80. The number of hydrogen-bond acceptors (Lipinski definition) is 2. The highest BCUT2D eigenvalue weighted by Crippen LogP contribution is 2.24. The van der Waals surface area contributed by atoms with Crippen LogP contribution in [-0.2, 0) is 0 Å². The van der Waals surface area contributed by atoms with Crippen LogP contribution in [0.5, 0.6) is 5.75 Å². The van der Waals surface area contributed by atoms with Crippen molar-refractivity contribution in [1.82, 2.24) is 0 Å². The second-order valence-electron chi connectivity index (χ2n) is 4.32. The second-order valence-corrected chi connectivity index (χ2v) is 4.32. The van der Waals surface area contributed by atoms with Gasteiger partial charge in [0.05, 0.1) is 6.10 Å². The van der Waals surface area contributed by atoms with Crippen LogP contribution in [0, 0.1) is 0 Å². The van der Waals surface area contributed by atoms with E-state index in [1.807, 2.05) is 0 Å². The monoisotopic (exact) mass is 258 g/mol. The predicted molar refractivity (Wildman–Crippen MR) is 66.8 cm³/mol. The summed E-state index contributed by atoms with van der Waals surface area (Å²) in [5.41, 5.74) is 0.629. The Kier molecular flexibility index (Phi) is 6.65. The fraction of sp³-hybridized carbons (Fsp3) is 0.571. The maximum atomic E-state index is 12.1. The number of rotatable bonds is 8. The van der Waals surface area contributed by atoms with Gasteiger partial charge >= 0.3 is 6.61 Å². The summed E-state index contributed by atoms with van der Waals surface area (Å²) in [5, 5.41) is 9.94. The summed E-state index contributed by atoms with van der Waals surface area (Å²) < 4.78 is 28.4. The summed E-state index contributed by atoms with van der Waals surface area (Å²) in [6, 6.07) is 6.27. The maximum Gasteiger partial charge on any atom is 0.387 e. The van der Waals surface area contributed by atoms with E-state index in [1.54, 1.807) is 12.1 Å². The van der Waals surface area contributed by atoms with Gasteiger partial charge in [-0.2, -0.15) is 8.78 Å². The Morgan fingerprint density at radius 1 is 1.22 bits per heavy atom. The molecule has 2 nitrogen and oxygen atoms in total. The van der Waals surface area contributed by atoms with E-state index in [0.717, 1.165) is 25.7 Å². The topological polar surface area (TPSA) is 29.5 Å². The lowest BCUT2D eigenvalue weighted by molar-refractivity contribution is -0.0499. The highest BCUT2D eigenvalue weighted by molar-refractivity contribution is 5.29. The first-order chi connectivity index (χ1) is 8.63. The van der Waals surface area contributed by atoms with E-state index in [9.17, 15) is 13.9 Å². The van der Waals surface area contributed by atoms with Crippen molar-refractivity contribution in [3.8, 4) is 5.75 Å². The first kappa shape index (κ1) is 14.9. The molecule has 0 saturated carbocycles. The summed E-state index contributed by atoms with van der Waals surface area (Å²) in [6.07, 6.45) is 4.37. The Balaban J connectivity index is 2.48. The highest BCUT2D eigenvalue weighted by atomic mass is 19.3. The molecule has 1 aromatic carbocycles. The molecule has 1 N–H and O–H groups in total. The number of aliphatic hydroxyl groups excluding tert-OH is 1. The summed E-state index contributed by atoms with van der Waals surface area (Å²) >= 11 is 0. The predicted octanol–water partition coefficient (Wildman–Crippen LogP) is 4.29. The summed E-state index contributed by atoms with van der Waals surface area (Å²) in [4.78, 5) is 0. The van der Waals surface area contributed by atoms with E-state index in [-0.39, 0.29) is 5.75 Å². The molecule has 1 unspecified atom stereocenters. The zero-order valence-corrected chi connectivity index (χ0v) is 10.6. The van der Waals surface area contributed by atoms with Crippen LogP contribution in [0.15, 0.2) is 24.3 Å². The average Bonchev–Trinajstić information content (AvgIpc) is 2.34. The van der Waals surface area contributed by atoms with E-state index in [1.165, 1.54) is 12.1 Å². The number of unbranched alkanes of at least 4 members (excludes halogenated alkanes) is 3. The average molecular weight is 258 g/mol. The molecule has 0 fully saturated rings. The van der Waals surface area contributed by atoms with Gasteiger partial charge in [0, 0.05) is 0 Å². The van der Waals surface area contributed by atoms with Crippen LogP contribution in [0.2, 0.25) is 0 Å². The normalized spacial score (nSPS) is 12.7. The Hall–Kier alpha value is -1.16. The summed E-state index contributed by atoms with van der Waals surface area (Å²) in [6.45, 7) is -0.705. The summed E-state index contributed by atoms with van der Waals surface area (Å²) in [7, 11) is 0. The molecule has 0 aromatic heterocycles. The van der Waals surface area contributed by atoms with Crippen molar-refractivity contribution in [3.05, 3.63) is 29.8 Å². The molecule has 0 aliphatic heterocycles. The molecular weight excluding hydrogens is 238 g/mol. The standard InChI is InChI=1S/C14H20F2O2/c1-2-3-4-5-9-13(17)11-7-6-8-12(10-11)18-14(15)16/h6-8,10,13-14,17H,2-5,9H2,1H3. The minimum atomic E-state index is -2.83. The van der Waals surface area contributed by atoms with E-state index < -0.39 is 12.7 Å². The van der Waals surface area contributed by atoms with Crippen molar-refractivity contribution in [2.75, 3.05) is 0 Å². The highest BCUT2D eigenvalue weighted by Gasteiger charge is 2.10. The van der Waals surface area contributed by atoms with Gasteiger partial charge in [0.15, 0.2) is 0 Å². The molecule has 102 valence electrons. The largest absolute Gasteiger partial charge is 0.435 e. The lowest BCUT2D eigenvalue weighted by Crippen LogP contribution is -2.03. The van der Waals surface area contributed by atoms with Crippen molar-refractivity contribution in [2.45, 2.75) is 51.7 Å². The molecule has 0 amide bonds. The Morgan fingerprint density at radius 2 is 2.00 bits per heavy atom. The maximum absolute atomic E-state index is 12.1. The van der Waals surface area contributed by atoms with Gasteiger partial charge in [-0.05, 0) is 24.1 Å². The molecule has 0 radical (unpaired) electrons. The van der Waals surface area contributed by atoms with Gasteiger partial charge in [-0.15, -0.1) is 0 Å². The van der Waals surface area contributed by atoms with Gasteiger partial charge in [-0.25, -0.2) is 0 Å². The minimum absolute atomic E-state index is 0.0927. The number of alkyl halides is 2. The van der Waals surface area contributed by atoms with Gasteiger partial charge in [0.1, 0.15) is 5.75 Å². The molecular formula is C14H20F2O2. The van der Waals surface area contributed by atoms with Crippen LogP contribution in [0.1, 0.15) is 50.7 Å². The third-order valence-corrected chi connectivity index (χ3v) is 2.80. The fourth-order valence-corrected chi connectivity index (χ4v) is 1.83. The smallest absolute Gasteiger partial charge is 0.387 e. The molecule has 1 atom stereocenters. The van der Waals surface area contributed by atoms with Gasteiger partial charge < -0.3 is 9.84 Å². The van der Waals surface area contributed by atoms with Crippen LogP contribution in [0.4, 0.5) is 8.78 Å². The molecule has 18 heavy (non-hydrogen) atoms. The van der Waals surface area contributed by atoms with Crippen molar-refractivity contribution in [3.63, 3.8) is 0 Å². The SMILES string of the molecule is CCCCCCC(O)c1cccc(OC(F)F)c1. The number of halogens is 2. The molecule has 0 aliphatic rings. The van der Waals surface area contributed by atoms with Gasteiger partial charge in [0.2, 0.25) is 0 Å².